The molecule has 4 heteroatoms. The van der Waals surface area contributed by atoms with Crippen LogP contribution in [0.2, 0.25) is 18.1 Å². The molecular formula is C16H26O3Si. The Hall–Kier alpha value is -1.13. The van der Waals surface area contributed by atoms with Crippen LogP contribution in [0.5, 0.6) is 5.75 Å². The molecule has 0 saturated heterocycles. The zero-order valence-corrected chi connectivity index (χ0v) is 14.4. The topological polar surface area (TPSA) is 35.5 Å². The third-order valence-electron chi connectivity index (χ3n) is 4.08. The summed E-state index contributed by atoms with van der Waals surface area (Å²) in [5, 5.41) is 0.210. The number of aldehydes is 1. The summed E-state index contributed by atoms with van der Waals surface area (Å²) in [6.45, 7) is 11.8. The van der Waals surface area contributed by atoms with Crippen LogP contribution in [0.15, 0.2) is 18.2 Å². The first-order chi connectivity index (χ1) is 9.21. The van der Waals surface area contributed by atoms with E-state index >= 15 is 0 Å². The maximum atomic E-state index is 10.9. The average Bonchev–Trinajstić information content (AvgIpc) is 2.37. The molecule has 112 valence electrons. The van der Waals surface area contributed by atoms with Gasteiger partial charge in [0.15, 0.2) is 8.32 Å². The van der Waals surface area contributed by atoms with Gasteiger partial charge in [-0.2, -0.15) is 0 Å². The van der Waals surface area contributed by atoms with Crippen LogP contribution >= 0.6 is 0 Å². The molecule has 0 aliphatic rings. The smallest absolute Gasteiger partial charge is 0.191 e. The van der Waals surface area contributed by atoms with Crippen LogP contribution in [-0.4, -0.2) is 28.3 Å². The lowest BCUT2D eigenvalue weighted by Crippen LogP contribution is -2.41. The molecule has 0 saturated carbocycles. The van der Waals surface area contributed by atoms with Crippen molar-refractivity contribution in [2.24, 2.45) is 0 Å². The molecule has 0 atom stereocenters. The van der Waals surface area contributed by atoms with E-state index in [0.717, 1.165) is 24.0 Å². The van der Waals surface area contributed by atoms with E-state index < -0.39 is 8.32 Å². The van der Waals surface area contributed by atoms with Crippen LogP contribution in [0, 0.1) is 0 Å². The standard InChI is InChI=1S/C16H26O3Si/c1-16(2,3)20(5,6)19-10-9-14-11-13(12-17)7-8-15(14)18-4/h7-8,11-12H,9-10H2,1-6H3. The molecule has 0 N–H and O–H groups in total. The van der Waals surface area contributed by atoms with Crippen molar-refractivity contribution in [3.8, 4) is 5.75 Å². The Morgan fingerprint density at radius 1 is 1.25 bits per heavy atom. The third-order valence-corrected chi connectivity index (χ3v) is 8.62. The van der Waals surface area contributed by atoms with Crippen LogP contribution in [0.4, 0.5) is 0 Å². The number of hydrogen-bond donors (Lipinski definition) is 0. The Morgan fingerprint density at radius 3 is 2.40 bits per heavy atom. The summed E-state index contributed by atoms with van der Waals surface area (Å²) in [6, 6.07) is 5.48. The van der Waals surface area contributed by atoms with Gasteiger partial charge in [-0.05, 0) is 48.3 Å². The van der Waals surface area contributed by atoms with Gasteiger partial charge in [0.25, 0.3) is 0 Å². The maximum absolute atomic E-state index is 10.9. The lowest BCUT2D eigenvalue weighted by molar-refractivity contribution is 0.112. The number of carbonyl (C=O) groups is 1. The highest BCUT2D eigenvalue weighted by molar-refractivity contribution is 6.74. The van der Waals surface area contributed by atoms with Crippen molar-refractivity contribution in [3.05, 3.63) is 29.3 Å². The first-order valence-corrected chi connectivity index (χ1v) is 9.88. The van der Waals surface area contributed by atoms with Crippen LogP contribution in [0.1, 0.15) is 36.7 Å². The molecule has 0 unspecified atom stereocenters. The van der Waals surface area contributed by atoms with Gasteiger partial charge in [-0.15, -0.1) is 0 Å². The Labute approximate surface area is 123 Å². The number of ether oxygens (including phenoxy) is 1. The minimum atomic E-state index is -1.72. The summed E-state index contributed by atoms with van der Waals surface area (Å²) in [5.41, 5.74) is 1.70. The second-order valence-electron chi connectivity index (χ2n) is 6.55. The fourth-order valence-corrected chi connectivity index (χ4v) is 2.75. The number of benzene rings is 1. The summed E-state index contributed by atoms with van der Waals surface area (Å²) in [4.78, 5) is 10.9. The molecule has 0 aliphatic heterocycles. The molecule has 0 heterocycles. The highest BCUT2D eigenvalue weighted by Gasteiger charge is 2.36. The maximum Gasteiger partial charge on any atom is 0.191 e. The van der Waals surface area contributed by atoms with E-state index in [9.17, 15) is 4.79 Å². The Balaban J connectivity index is 2.73. The number of carbonyl (C=O) groups excluding carboxylic acids is 1. The summed E-state index contributed by atoms with van der Waals surface area (Å²) in [5.74, 6) is 0.814. The first kappa shape index (κ1) is 16.9. The predicted molar refractivity (Wildman–Crippen MR) is 85.2 cm³/mol. The SMILES string of the molecule is COc1ccc(C=O)cc1CCO[Si](C)(C)C(C)(C)C. The van der Waals surface area contributed by atoms with Gasteiger partial charge in [-0.25, -0.2) is 0 Å². The molecule has 1 rings (SSSR count). The minimum Gasteiger partial charge on any atom is -0.496 e. The quantitative estimate of drug-likeness (QED) is 0.586. The van der Waals surface area contributed by atoms with Crippen molar-refractivity contribution < 1.29 is 14.0 Å². The second kappa shape index (κ2) is 6.55. The molecule has 0 spiro atoms. The monoisotopic (exact) mass is 294 g/mol. The Kier molecular flexibility index (Phi) is 5.54. The molecule has 0 fully saturated rings. The summed E-state index contributed by atoms with van der Waals surface area (Å²) < 4.78 is 11.5. The molecule has 0 aliphatic carbocycles. The molecule has 0 bridgehead atoms. The molecule has 3 nitrogen and oxygen atoms in total. The van der Waals surface area contributed by atoms with E-state index in [-0.39, 0.29) is 5.04 Å². The molecule has 0 amide bonds. The van der Waals surface area contributed by atoms with Crippen molar-refractivity contribution >= 4 is 14.6 Å². The molecule has 1 aromatic rings. The average molecular weight is 294 g/mol. The van der Waals surface area contributed by atoms with E-state index in [1.54, 1.807) is 13.2 Å². The van der Waals surface area contributed by atoms with Crippen molar-refractivity contribution in [1.82, 2.24) is 0 Å². The van der Waals surface area contributed by atoms with E-state index in [0.29, 0.717) is 12.2 Å². The molecule has 0 radical (unpaired) electrons. The zero-order chi connectivity index (χ0) is 15.4. The van der Waals surface area contributed by atoms with E-state index in [1.165, 1.54) is 0 Å². The Morgan fingerprint density at radius 2 is 1.90 bits per heavy atom. The molecule has 20 heavy (non-hydrogen) atoms. The number of methoxy groups -OCH3 is 1. The van der Waals surface area contributed by atoms with Gasteiger partial charge >= 0.3 is 0 Å². The summed E-state index contributed by atoms with van der Waals surface area (Å²) >= 11 is 0. The van der Waals surface area contributed by atoms with Gasteiger partial charge in [-0.1, -0.05) is 20.8 Å². The van der Waals surface area contributed by atoms with Crippen molar-refractivity contribution in [1.29, 1.82) is 0 Å². The van der Waals surface area contributed by atoms with Crippen LogP contribution < -0.4 is 4.74 Å². The summed E-state index contributed by atoms with van der Waals surface area (Å²) in [6.07, 6.45) is 1.62. The third kappa shape index (κ3) is 4.18. The minimum absolute atomic E-state index is 0.210. The van der Waals surface area contributed by atoms with Gasteiger partial charge < -0.3 is 9.16 Å². The normalized spacial score (nSPS) is 12.3. The van der Waals surface area contributed by atoms with Crippen LogP contribution in [0.25, 0.3) is 0 Å². The first-order valence-electron chi connectivity index (χ1n) is 6.97. The fraction of sp³-hybridized carbons (Fsp3) is 0.562. The van der Waals surface area contributed by atoms with E-state index in [1.807, 2.05) is 12.1 Å². The molecular weight excluding hydrogens is 268 g/mol. The van der Waals surface area contributed by atoms with Gasteiger partial charge in [0, 0.05) is 12.2 Å². The number of rotatable bonds is 6. The fourth-order valence-electron chi connectivity index (χ4n) is 1.70. The highest BCUT2D eigenvalue weighted by Crippen LogP contribution is 2.36. The largest absolute Gasteiger partial charge is 0.496 e. The summed E-state index contributed by atoms with van der Waals surface area (Å²) in [7, 11) is -0.0717. The van der Waals surface area contributed by atoms with Crippen LogP contribution in [0.3, 0.4) is 0 Å². The van der Waals surface area contributed by atoms with Gasteiger partial charge in [0.1, 0.15) is 12.0 Å². The van der Waals surface area contributed by atoms with Gasteiger partial charge in [0.05, 0.1) is 7.11 Å². The Bertz CT molecular complexity index is 461. The van der Waals surface area contributed by atoms with E-state index in [4.69, 9.17) is 9.16 Å². The predicted octanol–water partition coefficient (Wildman–Crippen LogP) is 4.07. The molecule has 1 aromatic carbocycles. The van der Waals surface area contributed by atoms with E-state index in [2.05, 4.69) is 33.9 Å². The van der Waals surface area contributed by atoms with Crippen molar-refractivity contribution in [2.45, 2.75) is 45.3 Å². The van der Waals surface area contributed by atoms with Crippen molar-refractivity contribution in [2.75, 3.05) is 13.7 Å². The highest BCUT2D eigenvalue weighted by atomic mass is 28.4. The van der Waals surface area contributed by atoms with Crippen LogP contribution in [-0.2, 0) is 10.8 Å². The lowest BCUT2D eigenvalue weighted by atomic mass is 10.1. The van der Waals surface area contributed by atoms with Crippen molar-refractivity contribution in [3.63, 3.8) is 0 Å². The van der Waals surface area contributed by atoms with Gasteiger partial charge in [0.2, 0.25) is 0 Å². The van der Waals surface area contributed by atoms with Gasteiger partial charge in [-0.3, -0.25) is 4.79 Å². The lowest BCUT2D eigenvalue weighted by Gasteiger charge is -2.36. The second-order valence-corrected chi connectivity index (χ2v) is 11.4. The zero-order valence-electron chi connectivity index (χ0n) is 13.4. The molecule has 0 aromatic heterocycles. The number of hydrogen-bond acceptors (Lipinski definition) is 3.